The molecule has 0 saturated heterocycles. The molecular formula is C31H30N4O4. The lowest BCUT2D eigenvalue weighted by Gasteiger charge is -2.37. The number of nitrogens with zero attached hydrogens (tertiary/aromatic N) is 1. The van der Waals surface area contributed by atoms with Gasteiger partial charge in [0.2, 0.25) is 11.8 Å². The Hall–Kier alpha value is -4.43. The fraction of sp³-hybridized carbons (Fsp3) is 0.258. The Morgan fingerprint density at radius 3 is 2.59 bits per heavy atom. The maximum Gasteiger partial charge on any atom is 0.255 e. The molecule has 3 N–H and O–H groups in total. The Labute approximate surface area is 226 Å². The zero-order valence-corrected chi connectivity index (χ0v) is 21.6. The molecule has 0 spiro atoms. The highest BCUT2D eigenvalue weighted by atomic mass is 16.5. The predicted molar refractivity (Wildman–Crippen MR) is 147 cm³/mol. The van der Waals surface area contributed by atoms with Crippen molar-refractivity contribution in [3.05, 3.63) is 107 Å². The van der Waals surface area contributed by atoms with E-state index in [2.05, 4.69) is 15.6 Å². The van der Waals surface area contributed by atoms with Crippen molar-refractivity contribution in [2.24, 2.45) is 0 Å². The number of benzene rings is 3. The zero-order valence-electron chi connectivity index (χ0n) is 21.6. The third-order valence-electron chi connectivity index (χ3n) is 7.68. The van der Waals surface area contributed by atoms with Crippen molar-refractivity contribution in [3.63, 3.8) is 0 Å². The van der Waals surface area contributed by atoms with Crippen molar-refractivity contribution in [1.82, 2.24) is 20.5 Å². The number of fused-ring (bicyclic) bond motifs is 7. The maximum absolute atomic E-state index is 14.0. The van der Waals surface area contributed by atoms with E-state index in [9.17, 15) is 14.4 Å². The summed E-state index contributed by atoms with van der Waals surface area (Å²) in [6.07, 6.45) is 0.679. The standard InChI is InChI=1S/C31H30N4O4/c1-39-16-15-32-29(36)25(17-19-9-3-2-4-10-19)34-30(37)26-18-23-20-11-7-8-14-24(20)33-27(23)28-21-12-5-6-13-22(21)31(38)35(26)28/h2-14,25-26,28,33H,15-18H2,1H3,(H,32,36)(H,34,37)/t25-,26+,28-/m0/s1. The molecule has 0 radical (unpaired) electrons. The van der Waals surface area contributed by atoms with Gasteiger partial charge in [-0.2, -0.15) is 0 Å². The number of aromatic amines is 1. The maximum atomic E-state index is 14.0. The summed E-state index contributed by atoms with van der Waals surface area (Å²) < 4.78 is 5.07. The average molecular weight is 523 g/mol. The molecule has 0 unspecified atom stereocenters. The van der Waals surface area contributed by atoms with Crippen molar-refractivity contribution >= 4 is 28.6 Å². The van der Waals surface area contributed by atoms with Crippen LogP contribution in [0.4, 0.5) is 0 Å². The van der Waals surface area contributed by atoms with Crippen LogP contribution >= 0.6 is 0 Å². The quantitative estimate of drug-likeness (QED) is 0.310. The van der Waals surface area contributed by atoms with Gasteiger partial charge in [0.1, 0.15) is 12.1 Å². The molecule has 6 rings (SSSR count). The highest BCUT2D eigenvalue weighted by Crippen LogP contribution is 2.46. The van der Waals surface area contributed by atoms with Crippen LogP contribution in [-0.4, -0.2) is 60.0 Å². The molecule has 0 saturated carbocycles. The molecule has 8 nitrogen and oxygen atoms in total. The van der Waals surface area contributed by atoms with E-state index >= 15 is 0 Å². The SMILES string of the molecule is COCCNC(=O)[C@H](Cc1ccccc1)NC(=O)[C@H]1Cc2c([nH]c3ccccc23)[C@@H]2c3ccccc3C(=O)N21. The number of hydrogen-bond donors (Lipinski definition) is 3. The number of methoxy groups -OCH3 is 1. The Balaban J connectivity index is 1.35. The lowest BCUT2D eigenvalue weighted by atomic mass is 9.89. The van der Waals surface area contributed by atoms with Crippen LogP contribution in [0.25, 0.3) is 10.9 Å². The zero-order chi connectivity index (χ0) is 26.9. The first kappa shape index (κ1) is 24.9. The normalized spacial score (nSPS) is 18.3. The van der Waals surface area contributed by atoms with Crippen molar-refractivity contribution in [2.45, 2.75) is 31.0 Å². The lowest BCUT2D eigenvalue weighted by molar-refractivity contribution is -0.132. The lowest BCUT2D eigenvalue weighted by Crippen LogP contribution is -2.57. The number of aromatic nitrogens is 1. The second-order valence-corrected chi connectivity index (χ2v) is 10.0. The first-order valence-corrected chi connectivity index (χ1v) is 13.2. The number of H-pyrrole nitrogens is 1. The van der Waals surface area contributed by atoms with Crippen LogP contribution in [-0.2, 0) is 27.2 Å². The van der Waals surface area contributed by atoms with Gasteiger partial charge in [0.25, 0.3) is 5.91 Å². The van der Waals surface area contributed by atoms with Crippen LogP contribution in [0.15, 0.2) is 78.9 Å². The fourth-order valence-electron chi connectivity index (χ4n) is 5.86. The van der Waals surface area contributed by atoms with Gasteiger partial charge in [0.15, 0.2) is 0 Å². The van der Waals surface area contributed by atoms with Gasteiger partial charge in [-0.25, -0.2) is 0 Å². The van der Waals surface area contributed by atoms with Gasteiger partial charge < -0.3 is 25.3 Å². The molecule has 0 aliphatic carbocycles. The summed E-state index contributed by atoms with van der Waals surface area (Å²) in [5.74, 6) is -0.815. The third-order valence-corrected chi connectivity index (χ3v) is 7.68. The van der Waals surface area contributed by atoms with Crippen LogP contribution in [0.5, 0.6) is 0 Å². The summed E-state index contributed by atoms with van der Waals surface area (Å²) in [5.41, 5.74) is 5.35. The molecule has 0 fully saturated rings. The van der Waals surface area contributed by atoms with Crippen molar-refractivity contribution in [2.75, 3.05) is 20.3 Å². The topological polar surface area (TPSA) is 104 Å². The smallest absolute Gasteiger partial charge is 0.255 e. The first-order valence-electron chi connectivity index (χ1n) is 13.2. The van der Waals surface area contributed by atoms with Gasteiger partial charge in [-0.05, 0) is 28.8 Å². The molecular weight excluding hydrogens is 492 g/mol. The van der Waals surface area contributed by atoms with E-state index in [4.69, 9.17) is 4.74 Å². The number of amides is 3. The number of carbonyl (C=O) groups is 3. The van der Waals surface area contributed by atoms with Gasteiger partial charge in [-0.15, -0.1) is 0 Å². The van der Waals surface area contributed by atoms with Crippen LogP contribution in [0.1, 0.15) is 38.8 Å². The first-order chi connectivity index (χ1) is 19.1. The second-order valence-electron chi connectivity index (χ2n) is 10.0. The van der Waals surface area contributed by atoms with Crippen molar-refractivity contribution in [3.8, 4) is 0 Å². The molecule has 3 aromatic carbocycles. The molecule has 198 valence electrons. The van der Waals surface area contributed by atoms with Gasteiger partial charge in [-0.1, -0.05) is 66.7 Å². The van der Waals surface area contributed by atoms with Crippen molar-refractivity contribution in [1.29, 1.82) is 0 Å². The summed E-state index contributed by atoms with van der Waals surface area (Å²) >= 11 is 0. The monoisotopic (exact) mass is 522 g/mol. The van der Waals surface area contributed by atoms with E-state index in [1.54, 1.807) is 12.0 Å². The van der Waals surface area contributed by atoms with Crippen LogP contribution in [0, 0.1) is 0 Å². The number of carbonyl (C=O) groups excluding carboxylic acids is 3. The molecule has 2 aliphatic heterocycles. The summed E-state index contributed by atoms with van der Waals surface area (Å²) in [6, 6.07) is 23.1. The number of para-hydroxylation sites is 1. The largest absolute Gasteiger partial charge is 0.383 e. The minimum absolute atomic E-state index is 0.177. The number of rotatable bonds is 8. The highest BCUT2D eigenvalue weighted by molar-refractivity contribution is 6.04. The summed E-state index contributed by atoms with van der Waals surface area (Å²) in [7, 11) is 1.57. The molecule has 0 bridgehead atoms. The Morgan fingerprint density at radius 2 is 1.77 bits per heavy atom. The van der Waals surface area contributed by atoms with Crippen molar-refractivity contribution < 1.29 is 19.1 Å². The summed E-state index contributed by atoms with van der Waals surface area (Å²) in [4.78, 5) is 46.1. The fourth-order valence-corrected chi connectivity index (χ4v) is 5.86. The third kappa shape index (κ3) is 4.46. The van der Waals surface area contributed by atoms with Crippen LogP contribution < -0.4 is 10.6 Å². The van der Waals surface area contributed by atoms with Gasteiger partial charge >= 0.3 is 0 Å². The average Bonchev–Trinajstić information content (AvgIpc) is 3.48. The predicted octanol–water partition coefficient (Wildman–Crippen LogP) is 3.13. The Morgan fingerprint density at radius 1 is 1.03 bits per heavy atom. The van der Waals surface area contributed by atoms with E-state index in [-0.39, 0.29) is 17.7 Å². The molecule has 8 heteroatoms. The minimum Gasteiger partial charge on any atom is -0.383 e. The molecule has 3 atom stereocenters. The van der Waals surface area contributed by atoms with Crippen LogP contribution in [0.3, 0.4) is 0 Å². The summed E-state index contributed by atoms with van der Waals surface area (Å²) in [6.45, 7) is 0.701. The van der Waals surface area contributed by atoms with E-state index in [1.165, 1.54) is 0 Å². The van der Waals surface area contributed by atoms with Gasteiger partial charge in [0.05, 0.1) is 12.6 Å². The molecule has 3 heterocycles. The molecule has 4 aromatic rings. The molecule has 2 aliphatic rings. The van der Waals surface area contributed by atoms with E-state index in [0.717, 1.165) is 33.3 Å². The van der Waals surface area contributed by atoms with E-state index < -0.39 is 18.1 Å². The van der Waals surface area contributed by atoms with Crippen LogP contribution in [0.2, 0.25) is 0 Å². The molecule has 3 amide bonds. The number of nitrogens with one attached hydrogen (secondary N) is 3. The van der Waals surface area contributed by atoms with Gasteiger partial charge in [-0.3, -0.25) is 14.4 Å². The van der Waals surface area contributed by atoms with Gasteiger partial charge in [0, 0.05) is 48.7 Å². The molecule has 39 heavy (non-hydrogen) atoms. The van der Waals surface area contributed by atoms with E-state index in [1.807, 2.05) is 78.9 Å². The second kappa shape index (κ2) is 10.4. The van der Waals surface area contributed by atoms with E-state index in [0.29, 0.717) is 31.6 Å². The summed E-state index contributed by atoms with van der Waals surface area (Å²) in [5, 5.41) is 6.89. The Bertz CT molecular complexity index is 1550. The minimum atomic E-state index is -0.806. The Kier molecular flexibility index (Phi) is 6.62. The molecule has 1 aromatic heterocycles. The number of ether oxygens (including phenoxy) is 1. The number of hydrogen-bond acceptors (Lipinski definition) is 4. The highest BCUT2D eigenvalue weighted by Gasteiger charge is 2.49.